The minimum Gasteiger partial charge on any atom is -0.447 e. The van der Waals surface area contributed by atoms with Crippen molar-refractivity contribution in [3.8, 4) is 11.5 Å². The predicted molar refractivity (Wildman–Crippen MR) is 129 cm³/mol. The quantitative estimate of drug-likeness (QED) is 0.111. The van der Waals surface area contributed by atoms with Gasteiger partial charge in [-0.15, -0.1) is 0 Å². The molecule has 1 aliphatic rings. The molecule has 0 aliphatic heterocycles. The normalized spacial score (nSPS) is 21.5. The van der Waals surface area contributed by atoms with E-state index in [4.69, 9.17) is 0 Å². The Bertz CT molecular complexity index is 1440. The van der Waals surface area contributed by atoms with Crippen molar-refractivity contribution in [1.29, 1.82) is 0 Å². The third-order valence-electron chi connectivity index (χ3n) is 6.33. The number of rotatable bonds is 8. The standard InChI is InChI=1S/C30H16F6O4.2U/c31-27(32)28(33,34)30(36,40-24-17-13-22(14-18-24)26(38)20-9-5-2-6-10-20)29(27,35)39-23-15-11-21(12-16-23)25(37)19-7-3-1-4-8-19;;/h3-18H;;/q-2;;. The van der Waals surface area contributed by atoms with E-state index in [0.29, 0.717) is 0 Å². The molecule has 12 heteroatoms. The number of carbonyl (C=O) groups is 2. The van der Waals surface area contributed by atoms with E-state index < -0.39 is 46.6 Å². The Balaban J connectivity index is 0.00000242. The number of ether oxygens (including phenoxy) is 2. The first kappa shape index (κ1) is 34.0. The van der Waals surface area contributed by atoms with E-state index in [2.05, 4.69) is 21.6 Å². The summed E-state index contributed by atoms with van der Waals surface area (Å²) < 4.78 is 97.3. The van der Waals surface area contributed by atoms with Crippen molar-refractivity contribution in [1.82, 2.24) is 0 Å². The summed E-state index contributed by atoms with van der Waals surface area (Å²) in [4.78, 5) is 25.0. The van der Waals surface area contributed by atoms with E-state index in [9.17, 15) is 27.2 Å². The summed E-state index contributed by atoms with van der Waals surface area (Å²) in [7, 11) is 0. The first-order valence-corrected chi connectivity index (χ1v) is 11.6. The van der Waals surface area contributed by atoms with Gasteiger partial charge in [0.15, 0.2) is 11.6 Å². The van der Waals surface area contributed by atoms with Gasteiger partial charge in [-0.2, -0.15) is 87.0 Å². The zero-order chi connectivity index (χ0) is 28.8. The number of alkyl halides is 6. The van der Waals surface area contributed by atoms with Gasteiger partial charge in [0.1, 0.15) is 11.5 Å². The summed E-state index contributed by atoms with van der Waals surface area (Å²) >= 11 is 0. The van der Waals surface area contributed by atoms with Crippen LogP contribution in [0.1, 0.15) is 31.8 Å². The van der Waals surface area contributed by atoms with Crippen LogP contribution >= 0.6 is 0 Å². The summed E-state index contributed by atoms with van der Waals surface area (Å²) in [5.41, 5.74) is 0.628. The summed E-state index contributed by atoms with van der Waals surface area (Å²) in [6.45, 7) is 0. The van der Waals surface area contributed by atoms with Crippen molar-refractivity contribution in [2.24, 2.45) is 0 Å². The number of ketones is 2. The van der Waals surface area contributed by atoms with Gasteiger partial charge >= 0.3 is 23.6 Å². The zero-order valence-corrected chi connectivity index (χ0v) is 29.5. The molecule has 0 N–H and O–H groups in total. The van der Waals surface area contributed by atoms with Gasteiger partial charge in [0.2, 0.25) is 0 Å². The Morgan fingerprint density at radius 1 is 0.476 bits per heavy atom. The fourth-order valence-corrected chi connectivity index (χ4v) is 4.09. The van der Waals surface area contributed by atoms with Gasteiger partial charge in [0.25, 0.3) is 0 Å². The Kier molecular flexibility index (Phi) is 10.2. The van der Waals surface area contributed by atoms with E-state index in [1.807, 2.05) is 0 Å². The van der Waals surface area contributed by atoms with Crippen LogP contribution in [0.15, 0.2) is 97.1 Å². The van der Waals surface area contributed by atoms with Gasteiger partial charge in [-0.3, -0.25) is 9.59 Å². The topological polar surface area (TPSA) is 52.6 Å². The first-order valence-electron chi connectivity index (χ1n) is 11.6. The summed E-state index contributed by atoms with van der Waals surface area (Å²) in [6.07, 6.45) is 0. The molecule has 1 saturated carbocycles. The van der Waals surface area contributed by atoms with Crippen LogP contribution in [0.25, 0.3) is 0 Å². The first-order chi connectivity index (χ1) is 18.9. The van der Waals surface area contributed by atoms with Crippen molar-refractivity contribution in [2.75, 3.05) is 0 Å². The maximum Gasteiger partial charge on any atom is 0.395 e. The molecular weight excluding hydrogens is 1010 g/mol. The molecule has 0 radical (unpaired) electrons. The smallest absolute Gasteiger partial charge is 0.395 e. The number of carbonyl (C=O) groups excluding carboxylic acids is 2. The van der Waals surface area contributed by atoms with Crippen molar-refractivity contribution in [3.63, 3.8) is 0 Å². The van der Waals surface area contributed by atoms with Crippen LogP contribution in [-0.4, -0.2) is 35.1 Å². The summed E-state index contributed by atoms with van der Waals surface area (Å²) in [6, 6.07) is 25.1. The zero-order valence-electron chi connectivity index (χ0n) is 21.1. The fraction of sp³-hybridized carbons (Fsp3) is 0.133. The summed E-state index contributed by atoms with van der Waals surface area (Å²) in [5.74, 6) is -23.7. The molecule has 0 spiro atoms. The number of hydrogen-bond acceptors (Lipinski definition) is 4. The number of halogens is 6. The maximum absolute atomic E-state index is 15.5. The van der Waals surface area contributed by atoms with Crippen molar-refractivity contribution in [3.05, 3.63) is 131 Å². The van der Waals surface area contributed by atoms with Gasteiger partial charge in [0, 0.05) is 73.4 Å². The number of hydrogen-bond donors (Lipinski definition) is 0. The molecule has 1 fully saturated rings. The molecule has 0 amide bonds. The maximum atomic E-state index is 15.5. The molecule has 1 aliphatic carbocycles. The predicted octanol–water partition coefficient (Wildman–Crippen LogP) is 6.82. The molecule has 4 aromatic rings. The van der Waals surface area contributed by atoms with Gasteiger partial charge < -0.3 is 9.47 Å². The van der Waals surface area contributed by atoms with Crippen LogP contribution in [0.2, 0.25) is 0 Å². The molecule has 4 nitrogen and oxygen atoms in total. The molecule has 4 aromatic carbocycles. The average Bonchev–Trinajstić information content (AvgIpc) is 2.97. The van der Waals surface area contributed by atoms with Crippen LogP contribution < -0.4 is 9.47 Å². The molecule has 0 bridgehead atoms. The Hall–Kier alpha value is -2.50. The molecule has 0 heterocycles. The fourth-order valence-electron chi connectivity index (χ4n) is 4.09. The third kappa shape index (κ3) is 5.48. The molecule has 5 rings (SSSR count). The van der Waals surface area contributed by atoms with Crippen LogP contribution in [0, 0.1) is 74.4 Å². The molecule has 0 aromatic heterocycles. The molecular formula is C30H16F6O4U2-2. The molecule has 42 heavy (non-hydrogen) atoms. The van der Waals surface area contributed by atoms with E-state index in [-0.39, 0.29) is 84.5 Å². The largest absolute Gasteiger partial charge is 0.447 e. The SMILES string of the molecule is O=C(c1cc[c-]cc1)c1ccc(OC2(F)C(F)(F)C(F)(F)C2(F)Oc2ccc(C(=O)c3cc[c-]cc3)cc2)cc1.[U].[U]. The number of benzene rings is 4. The minimum atomic E-state index is -5.63. The van der Waals surface area contributed by atoms with Crippen LogP contribution in [0.4, 0.5) is 26.3 Å². The monoisotopic (exact) mass is 1030 g/mol. The minimum absolute atomic E-state index is 0. The van der Waals surface area contributed by atoms with E-state index in [0.717, 1.165) is 48.5 Å². The summed E-state index contributed by atoms with van der Waals surface area (Å²) in [5, 5.41) is 0. The van der Waals surface area contributed by atoms with E-state index >= 15 is 8.78 Å². The molecule has 2 unspecified atom stereocenters. The van der Waals surface area contributed by atoms with Crippen LogP contribution in [0.3, 0.4) is 0 Å². The van der Waals surface area contributed by atoms with Gasteiger partial charge in [-0.25, -0.2) is 0 Å². The van der Waals surface area contributed by atoms with Crippen molar-refractivity contribution >= 4 is 11.6 Å². The molecule has 2 atom stereocenters. The Morgan fingerprint density at radius 2 is 0.738 bits per heavy atom. The Labute approximate surface area is 283 Å². The van der Waals surface area contributed by atoms with E-state index in [1.54, 1.807) is 0 Å². The third-order valence-corrected chi connectivity index (χ3v) is 6.33. The van der Waals surface area contributed by atoms with E-state index in [1.165, 1.54) is 48.5 Å². The molecule has 212 valence electrons. The second kappa shape index (κ2) is 12.6. The second-order valence-electron chi connectivity index (χ2n) is 8.83. The Morgan fingerprint density at radius 3 is 1.02 bits per heavy atom. The van der Waals surface area contributed by atoms with Gasteiger partial charge in [-0.05, 0) is 48.5 Å². The van der Waals surface area contributed by atoms with Crippen molar-refractivity contribution in [2.45, 2.75) is 23.6 Å². The van der Waals surface area contributed by atoms with Gasteiger partial charge in [-0.1, -0.05) is 11.1 Å². The molecule has 0 saturated heterocycles. The van der Waals surface area contributed by atoms with Crippen molar-refractivity contribution < 1.29 is 108 Å². The van der Waals surface area contributed by atoms with Crippen LogP contribution in [0.5, 0.6) is 11.5 Å². The van der Waals surface area contributed by atoms with Gasteiger partial charge in [0.05, 0.1) is 0 Å². The van der Waals surface area contributed by atoms with Crippen LogP contribution in [-0.2, 0) is 0 Å². The second-order valence-corrected chi connectivity index (χ2v) is 8.83. The average molecular weight is 1030 g/mol.